The average Bonchev–Trinajstić information content (AvgIpc) is 2.96. The molecule has 3 N–H and O–H groups in total. The number of carbonyl (C=O) groups is 1. The maximum atomic E-state index is 12.1. The van der Waals surface area contributed by atoms with E-state index in [2.05, 4.69) is 16.0 Å². The summed E-state index contributed by atoms with van der Waals surface area (Å²) in [5.41, 5.74) is 0.369. The molecule has 0 spiro atoms. The Kier molecular flexibility index (Phi) is 5.77. The molecule has 0 aliphatic heterocycles. The topological polar surface area (TPSA) is 95.5 Å². The van der Waals surface area contributed by atoms with Crippen molar-refractivity contribution >= 4 is 15.9 Å². The Morgan fingerprint density at radius 2 is 2.00 bits per heavy atom. The zero-order valence-corrected chi connectivity index (χ0v) is 13.5. The van der Waals surface area contributed by atoms with Gasteiger partial charge in [0.1, 0.15) is 0 Å². The molecule has 2 rings (SSSR count). The Bertz CT molecular complexity index is 692. The number of hydrogen-bond donors (Lipinski definition) is 3. The Hall–Kier alpha value is -1.88. The Morgan fingerprint density at radius 1 is 1.30 bits per heavy atom. The molecule has 6 nitrogen and oxygen atoms in total. The second-order valence-corrected chi connectivity index (χ2v) is 7.29. The molecule has 2 atom stereocenters. The van der Waals surface area contributed by atoms with Crippen LogP contribution >= 0.6 is 0 Å². The van der Waals surface area contributed by atoms with Crippen molar-refractivity contribution in [1.82, 2.24) is 10.0 Å². The molecule has 1 aliphatic carbocycles. The molecular weight excluding hydrogens is 316 g/mol. The number of benzene rings is 1. The maximum absolute atomic E-state index is 12.1. The van der Waals surface area contributed by atoms with E-state index in [1.165, 1.54) is 24.3 Å². The Labute approximate surface area is 136 Å². The van der Waals surface area contributed by atoms with Crippen molar-refractivity contribution in [1.29, 1.82) is 0 Å². The molecule has 1 amide bonds. The van der Waals surface area contributed by atoms with Crippen LogP contribution in [0, 0.1) is 18.3 Å². The smallest absolute Gasteiger partial charge is 0.251 e. The van der Waals surface area contributed by atoms with Crippen molar-refractivity contribution in [2.75, 3.05) is 13.1 Å². The first-order chi connectivity index (χ1) is 10.9. The first-order valence-electron chi connectivity index (χ1n) is 7.43. The second kappa shape index (κ2) is 7.59. The third kappa shape index (κ3) is 4.55. The minimum Gasteiger partial charge on any atom is -0.393 e. The quantitative estimate of drug-likeness (QED) is 0.659. The number of carbonyl (C=O) groups excluding carboxylic acids is 1. The summed E-state index contributed by atoms with van der Waals surface area (Å²) in [7, 11) is -3.65. The fraction of sp³-hybridized carbons (Fsp3) is 0.438. The lowest BCUT2D eigenvalue weighted by Gasteiger charge is -2.15. The predicted molar refractivity (Wildman–Crippen MR) is 86.1 cm³/mol. The molecule has 0 aromatic heterocycles. The molecule has 0 radical (unpaired) electrons. The largest absolute Gasteiger partial charge is 0.393 e. The van der Waals surface area contributed by atoms with Gasteiger partial charge in [-0.05, 0) is 37.1 Å². The number of aliphatic hydroxyl groups excluding tert-OH is 1. The third-order valence-corrected chi connectivity index (χ3v) is 5.35. The lowest BCUT2D eigenvalue weighted by atomic mass is 10.1. The van der Waals surface area contributed by atoms with E-state index in [-0.39, 0.29) is 29.4 Å². The van der Waals surface area contributed by atoms with Crippen molar-refractivity contribution < 1.29 is 18.3 Å². The molecule has 0 saturated heterocycles. The highest BCUT2D eigenvalue weighted by Gasteiger charge is 2.25. The van der Waals surface area contributed by atoms with Gasteiger partial charge >= 0.3 is 0 Å². The van der Waals surface area contributed by atoms with Crippen molar-refractivity contribution in [2.45, 2.75) is 30.3 Å². The van der Waals surface area contributed by atoms with Crippen LogP contribution in [0.5, 0.6) is 0 Å². The lowest BCUT2D eigenvalue weighted by Crippen LogP contribution is -2.32. The summed E-state index contributed by atoms with van der Waals surface area (Å²) in [5.74, 6) is 2.00. The van der Waals surface area contributed by atoms with Crippen molar-refractivity contribution in [2.24, 2.45) is 5.92 Å². The number of terminal acetylenes is 1. The van der Waals surface area contributed by atoms with E-state index in [0.717, 1.165) is 19.3 Å². The van der Waals surface area contributed by atoms with E-state index in [0.29, 0.717) is 12.1 Å². The van der Waals surface area contributed by atoms with Gasteiger partial charge in [-0.25, -0.2) is 8.42 Å². The number of nitrogens with one attached hydrogen (secondary N) is 2. The van der Waals surface area contributed by atoms with Gasteiger partial charge in [0.05, 0.1) is 17.5 Å². The standard InChI is InChI=1S/C16H20N2O4S/c1-2-10-18-23(21,22)14-8-6-12(7-9-14)16(20)17-11-13-4-3-5-15(13)19/h1,6-9,13,15,18-19H,3-5,10-11H2,(H,17,20)/t13-,15+/m1/s1. The van der Waals surface area contributed by atoms with Crippen LogP contribution in [-0.2, 0) is 10.0 Å². The summed E-state index contributed by atoms with van der Waals surface area (Å²) >= 11 is 0. The molecule has 1 saturated carbocycles. The van der Waals surface area contributed by atoms with Crippen LogP contribution in [0.15, 0.2) is 29.2 Å². The van der Waals surface area contributed by atoms with Crippen LogP contribution in [-0.4, -0.2) is 38.6 Å². The van der Waals surface area contributed by atoms with Crippen LogP contribution in [0.3, 0.4) is 0 Å². The van der Waals surface area contributed by atoms with Crippen LogP contribution in [0.1, 0.15) is 29.6 Å². The van der Waals surface area contributed by atoms with Crippen LogP contribution in [0.2, 0.25) is 0 Å². The molecular formula is C16H20N2O4S. The van der Waals surface area contributed by atoms with Crippen molar-refractivity contribution in [3.8, 4) is 12.3 Å². The normalized spacial score (nSPS) is 20.9. The van der Waals surface area contributed by atoms with Crippen molar-refractivity contribution in [3.05, 3.63) is 29.8 Å². The molecule has 23 heavy (non-hydrogen) atoms. The lowest BCUT2D eigenvalue weighted by molar-refractivity contribution is 0.0916. The second-order valence-electron chi connectivity index (χ2n) is 5.52. The van der Waals surface area contributed by atoms with E-state index >= 15 is 0 Å². The number of rotatable bonds is 6. The van der Waals surface area contributed by atoms with Crippen molar-refractivity contribution in [3.63, 3.8) is 0 Å². The highest BCUT2D eigenvalue weighted by molar-refractivity contribution is 7.89. The molecule has 1 aromatic rings. The number of sulfonamides is 1. The van der Waals surface area contributed by atoms with E-state index in [1.807, 2.05) is 0 Å². The molecule has 0 bridgehead atoms. The number of aliphatic hydroxyl groups is 1. The fourth-order valence-electron chi connectivity index (χ4n) is 2.59. The monoisotopic (exact) mass is 336 g/mol. The minimum absolute atomic E-state index is 0.0514. The van der Waals surface area contributed by atoms with Gasteiger partial charge in [0.25, 0.3) is 5.91 Å². The zero-order valence-electron chi connectivity index (χ0n) is 12.7. The zero-order chi connectivity index (χ0) is 16.9. The number of amides is 1. The summed E-state index contributed by atoms with van der Waals surface area (Å²) < 4.78 is 26.0. The van der Waals surface area contributed by atoms with Gasteiger partial charge in [0, 0.05) is 18.0 Å². The summed E-state index contributed by atoms with van der Waals surface area (Å²) in [4.78, 5) is 12.1. The summed E-state index contributed by atoms with van der Waals surface area (Å²) in [5, 5.41) is 12.5. The molecule has 0 heterocycles. The Morgan fingerprint density at radius 3 is 2.57 bits per heavy atom. The molecule has 1 aliphatic rings. The van der Waals surface area contributed by atoms with Crippen LogP contribution in [0.4, 0.5) is 0 Å². The first-order valence-corrected chi connectivity index (χ1v) is 8.92. The van der Waals surface area contributed by atoms with E-state index < -0.39 is 10.0 Å². The minimum atomic E-state index is -3.65. The van der Waals surface area contributed by atoms with E-state index in [9.17, 15) is 18.3 Å². The van der Waals surface area contributed by atoms with E-state index in [1.54, 1.807) is 0 Å². The van der Waals surface area contributed by atoms with Crippen LogP contribution in [0.25, 0.3) is 0 Å². The molecule has 0 unspecified atom stereocenters. The SMILES string of the molecule is C#CCNS(=O)(=O)c1ccc(C(=O)NC[C@H]2CCC[C@@H]2O)cc1. The van der Waals surface area contributed by atoms with Gasteiger partial charge in [0.2, 0.25) is 10.0 Å². The summed E-state index contributed by atoms with van der Waals surface area (Å²) in [6, 6.07) is 5.62. The highest BCUT2D eigenvalue weighted by atomic mass is 32.2. The maximum Gasteiger partial charge on any atom is 0.251 e. The van der Waals surface area contributed by atoms with Gasteiger partial charge in [-0.15, -0.1) is 6.42 Å². The van der Waals surface area contributed by atoms with Gasteiger partial charge < -0.3 is 10.4 Å². The molecule has 1 aromatic carbocycles. The molecule has 1 fully saturated rings. The average molecular weight is 336 g/mol. The summed E-state index contributed by atoms with van der Waals surface area (Å²) in [6.45, 7) is 0.331. The van der Waals surface area contributed by atoms with Gasteiger partial charge in [-0.1, -0.05) is 12.3 Å². The highest BCUT2D eigenvalue weighted by Crippen LogP contribution is 2.24. The van der Waals surface area contributed by atoms with Crippen LogP contribution < -0.4 is 10.0 Å². The molecule has 124 valence electrons. The number of hydrogen-bond acceptors (Lipinski definition) is 4. The third-order valence-electron chi connectivity index (χ3n) is 3.93. The van der Waals surface area contributed by atoms with E-state index in [4.69, 9.17) is 6.42 Å². The van der Waals surface area contributed by atoms with Gasteiger partial charge in [-0.2, -0.15) is 4.72 Å². The summed E-state index contributed by atoms with van der Waals surface area (Å²) in [6.07, 6.45) is 7.32. The fourth-order valence-corrected chi connectivity index (χ4v) is 3.52. The van der Waals surface area contributed by atoms with Gasteiger partial charge in [0.15, 0.2) is 0 Å². The van der Waals surface area contributed by atoms with Gasteiger partial charge in [-0.3, -0.25) is 4.79 Å². The predicted octanol–water partition coefficient (Wildman–Crippen LogP) is 0.489. The molecule has 7 heteroatoms. The Balaban J connectivity index is 1.96. The first kappa shape index (κ1) is 17.5.